The summed E-state index contributed by atoms with van der Waals surface area (Å²) < 4.78 is 27.3. The molecule has 0 aliphatic heterocycles. The molecule has 1 aromatic heterocycles. The molecule has 78 valence electrons. The summed E-state index contributed by atoms with van der Waals surface area (Å²) in [5, 5.41) is 0. The maximum absolute atomic E-state index is 11.3. The summed E-state index contributed by atoms with van der Waals surface area (Å²) in [6.45, 7) is 2.31. The maximum Gasteiger partial charge on any atom is 0.300 e. The zero-order valence-corrected chi connectivity index (χ0v) is 8.71. The van der Waals surface area contributed by atoms with Crippen molar-refractivity contribution in [1.82, 2.24) is 9.71 Å². The van der Waals surface area contributed by atoms with Crippen molar-refractivity contribution in [1.29, 1.82) is 0 Å². The van der Waals surface area contributed by atoms with E-state index in [1.165, 1.54) is 6.20 Å². The zero-order valence-electron chi connectivity index (χ0n) is 7.90. The van der Waals surface area contributed by atoms with Crippen LogP contribution >= 0.6 is 0 Å². The van der Waals surface area contributed by atoms with Crippen LogP contribution in [-0.4, -0.2) is 19.9 Å². The summed E-state index contributed by atoms with van der Waals surface area (Å²) in [5.74, 6) is 0.316. The molecule has 14 heavy (non-hydrogen) atoms. The average Bonchev–Trinajstić information content (AvgIpc) is 2.16. The Morgan fingerprint density at radius 2 is 2.21 bits per heavy atom. The normalized spacial score (nSPS) is 11.2. The van der Waals surface area contributed by atoms with Crippen molar-refractivity contribution in [3.05, 3.63) is 24.4 Å². The average molecular weight is 215 g/mol. The fourth-order valence-corrected chi connectivity index (χ4v) is 1.77. The highest BCUT2D eigenvalue weighted by Gasteiger charge is 2.07. The molecule has 6 heteroatoms. The van der Waals surface area contributed by atoms with Crippen LogP contribution in [-0.2, 0) is 10.2 Å². The fraction of sp³-hybridized carbons (Fsp3) is 0.375. The van der Waals surface area contributed by atoms with Gasteiger partial charge in [-0.25, -0.2) is 4.98 Å². The Bertz CT molecular complexity index is 363. The number of hydrogen-bond donors (Lipinski definition) is 2. The Labute approximate surface area is 83.7 Å². The lowest BCUT2D eigenvalue weighted by Gasteiger charge is -2.06. The smallest absolute Gasteiger partial charge is 0.255 e. The van der Waals surface area contributed by atoms with Gasteiger partial charge in [0.05, 0.1) is 0 Å². The molecule has 0 aromatic carbocycles. The molecule has 0 saturated carbocycles. The SMILES string of the molecule is CCCNS(=O)(=O)Nc1ccccn1. The molecular weight excluding hydrogens is 202 g/mol. The molecule has 0 unspecified atom stereocenters. The van der Waals surface area contributed by atoms with Crippen molar-refractivity contribution >= 4 is 16.0 Å². The number of anilines is 1. The molecule has 0 bridgehead atoms. The minimum absolute atomic E-state index is 0.316. The molecule has 0 spiro atoms. The van der Waals surface area contributed by atoms with E-state index < -0.39 is 10.2 Å². The molecule has 1 rings (SSSR count). The number of aromatic nitrogens is 1. The molecule has 0 aliphatic carbocycles. The highest BCUT2D eigenvalue weighted by Crippen LogP contribution is 2.01. The van der Waals surface area contributed by atoms with E-state index in [2.05, 4.69) is 14.4 Å². The van der Waals surface area contributed by atoms with E-state index in [9.17, 15) is 8.42 Å². The standard InChI is InChI=1S/C8H13N3O2S/c1-2-6-10-14(12,13)11-8-5-3-4-7-9-8/h3-5,7,10H,2,6H2,1H3,(H,9,11). The second-order valence-electron chi connectivity index (χ2n) is 2.71. The van der Waals surface area contributed by atoms with E-state index in [0.717, 1.165) is 6.42 Å². The maximum atomic E-state index is 11.3. The van der Waals surface area contributed by atoms with Crippen LogP contribution < -0.4 is 9.44 Å². The molecule has 0 fully saturated rings. The van der Waals surface area contributed by atoms with Gasteiger partial charge < -0.3 is 0 Å². The van der Waals surface area contributed by atoms with E-state index in [-0.39, 0.29) is 0 Å². The van der Waals surface area contributed by atoms with Crippen LogP contribution in [0, 0.1) is 0 Å². The van der Waals surface area contributed by atoms with Gasteiger partial charge in [-0.2, -0.15) is 13.1 Å². The van der Waals surface area contributed by atoms with Gasteiger partial charge in [0.1, 0.15) is 5.82 Å². The van der Waals surface area contributed by atoms with E-state index in [1.807, 2.05) is 6.92 Å². The largest absolute Gasteiger partial charge is 0.300 e. The monoisotopic (exact) mass is 215 g/mol. The van der Waals surface area contributed by atoms with Crippen molar-refractivity contribution in [3.8, 4) is 0 Å². The van der Waals surface area contributed by atoms with E-state index >= 15 is 0 Å². The third kappa shape index (κ3) is 3.71. The third-order valence-corrected chi connectivity index (χ3v) is 2.51. The summed E-state index contributed by atoms with van der Waals surface area (Å²) >= 11 is 0. The van der Waals surface area contributed by atoms with E-state index in [0.29, 0.717) is 12.4 Å². The van der Waals surface area contributed by atoms with Crippen LogP contribution in [0.4, 0.5) is 5.82 Å². The Kier molecular flexibility index (Phi) is 3.84. The molecule has 0 saturated heterocycles. The number of nitrogens with one attached hydrogen (secondary N) is 2. The Balaban J connectivity index is 2.60. The fourth-order valence-electron chi connectivity index (χ4n) is 0.833. The van der Waals surface area contributed by atoms with Crippen molar-refractivity contribution in [2.24, 2.45) is 0 Å². The summed E-state index contributed by atoms with van der Waals surface area (Å²) in [5.41, 5.74) is 0. The molecule has 2 N–H and O–H groups in total. The Hall–Kier alpha value is -1.14. The number of nitrogens with zero attached hydrogens (tertiary/aromatic N) is 1. The second-order valence-corrected chi connectivity index (χ2v) is 4.21. The number of pyridine rings is 1. The van der Waals surface area contributed by atoms with Crippen molar-refractivity contribution < 1.29 is 8.42 Å². The predicted octanol–water partition coefficient (Wildman–Crippen LogP) is 0.738. The number of hydrogen-bond acceptors (Lipinski definition) is 3. The molecule has 0 atom stereocenters. The first-order valence-electron chi connectivity index (χ1n) is 4.32. The Morgan fingerprint density at radius 1 is 1.43 bits per heavy atom. The highest BCUT2D eigenvalue weighted by atomic mass is 32.2. The first-order valence-corrected chi connectivity index (χ1v) is 5.81. The summed E-state index contributed by atoms with van der Waals surface area (Å²) in [7, 11) is -3.46. The lowest BCUT2D eigenvalue weighted by molar-refractivity contribution is 0.586. The third-order valence-electron chi connectivity index (χ3n) is 1.45. The molecule has 0 radical (unpaired) electrons. The number of rotatable bonds is 5. The van der Waals surface area contributed by atoms with Crippen LogP contribution in [0.2, 0.25) is 0 Å². The van der Waals surface area contributed by atoms with Gasteiger partial charge in [0.25, 0.3) is 10.2 Å². The second kappa shape index (κ2) is 4.92. The van der Waals surface area contributed by atoms with Gasteiger partial charge in [-0.3, -0.25) is 4.72 Å². The van der Waals surface area contributed by atoms with Crippen LogP contribution in [0.5, 0.6) is 0 Å². The van der Waals surface area contributed by atoms with Gasteiger partial charge in [0.2, 0.25) is 0 Å². The van der Waals surface area contributed by atoms with Gasteiger partial charge in [-0.05, 0) is 18.6 Å². The van der Waals surface area contributed by atoms with Gasteiger partial charge in [-0.1, -0.05) is 13.0 Å². The van der Waals surface area contributed by atoms with Crippen LogP contribution in [0.3, 0.4) is 0 Å². The van der Waals surface area contributed by atoms with E-state index in [4.69, 9.17) is 0 Å². The van der Waals surface area contributed by atoms with Crippen LogP contribution in [0.1, 0.15) is 13.3 Å². The first-order chi connectivity index (χ1) is 6.64. The molecule has 0 amide bonds. The van der Waals surface area contributed by atoms with Gasteiger partial charge >= 0.3 is 0 Å². The lowest BCUT2D eigenvalue weighted by atomic mass is 10.5. The molecular formula is C8H13N3O2S. The quantitative estimate of drug-likeness (QED) is 0.761. The van der Waals surface area contributed by atoms with Crippen LogP contribution in [0.15, 0.2) is 24.4 Å². The van der Waals surface area contributed by atoms with Crippen molar-refractivity contribution in [2.75, 3.05) is 11.3 Å². The summed E-state index contributed by atoms with van der Waals surface area (Å²) in [4.78, 5) is 3.84. The topological polar surface area (TPSA) is 71.1 Å². The van der Waals surface area contributed by atoms with Crippen molar-refractivity contribution in [2.45, 2.75) is 13.3 Å². The van der Waals surface area contributed by atoms with Crippen LogP contribution in [0.25, 0.3) is 0 Å². The summed E-state index contributed by atoms with van der Waals surface area (Å²) in [6, 6.07) is 5.02. The first kappa shape index (κ1) is 10.9. The van der Waals surface area contributed by atoms with Gasteiger partial charge in [0.15, 0.2) is 0 Å². The van der Waals surface area contributed by atoms with Gasteiger partial charge in [-0.15, -0.1) is 0 Å². The molecule has 1 aromatic rings. The predicted molar refractivity (Wildman–Crippen MR) is 55.1 cm³/mol. The molecule has 5 nitrogen and oxygen atoms in total. The Morgan fingerprint density at radius 3 is 2.79 bits per heavy atom. The zero-order chi connectivity index (χ0) is 10.4. The highest BCUT2D eigenvalue weighted by molar-refractivity contribution is 7.90. The van der Waals surface area contributed by atoms with Gasteiger partial charge in [0, 0.05) is 12.7 Å². The minimum Gasteiger partial charge on any atom is -0.255 e. The van der Waals surface area contributed by atoms with Crippen molar-refractivity contribution in [3.63, 3.8) is 0 Å². The molecule has 0 aliphatic rings. The minimum atomic E-state index is -3.46. The summed E-state index contributed by atoms with van der Waals surface area (Å²) in [6.07, 6.45) is 2.28. The molecule has 1 heterocycles. The lowest BCUT2D eigenvalue weighted by Crippen LogP contribution is -2.30. The van der Waals surface area contributed by atoms with E-state index in [1.54, 1.807) is 18.2 Å².